The van der Waals surface area contributed by atoms with Crippen molar-refractivity contribution < 1.29 is 4.74 Å². The van der Waals surface area contributed by atoms with Gasteiger partial charge in [-0.05, 0) is 38.1 Å². The number of rotatable bonds is 8. The monoisotopic (exact) mass is 255 g/mol. The molecule has 1 saturated carbocycles. The molecule has 1 atom stereocenters. The van der Waals surface area contributed by atoms with E-state index in [0.29, 0.717) is 6.04 Å². The second-order valence-corrected chi connectivity index (χ2v) is 5.82. The molecule has 1 aliphatic carbocycles. The molecule has 2 N–H and O–H groups in total. The summed E-state index contributed by atoms with van der Waals surface area (Å²) in [6.45, 7) is 7.85. The number of nitrogens with zero attached hydrogens (tertiary/aromatic N) is 2. The molecule has 0 aromatic rings. The fraction of sp³-hybridized carbons (Fsp3) is 1.00. The van der Waals surface area contributed by atoms with Gasteiger partial charge in [0.05, 0.1) is 6.61 Å². The van der Waals surface area contributed by atoms with Gasteiger partial charge in [-0.3, -0.25) is 4.90 Å². The maximum atomic E-state index is 5.62. The van der Waals surface area contributed by atoms with Gasteiger partial charge in [-0.2, -0.15) is 0 Å². The predicted octanol–water partition coefficient (Wildman–Crippen LogP) is 0.768. The first-order chi connectivity index (χ1) is 8.83. The largest absolute Gasteiger partial charge is 0.383 e. The highest BCUT2D eigenvalue weighted by Gasteiger charge is 2.28. The van der Waals surface area contributed by atoms with Crippen LogP contribution in [-0.4, -0.2) is 68.8 Å². The Morgan fingerprint density at radius 2 is 1.94 bits per heavy atom. The Morgan fingerprint density at radius 1 is 1.22 bits per heavy atom. The lowest BCUT2D eigenvalue weighted by atomic mass is 10.1. The number of nitrogens with two attached hydrogens (primary N) is 1. The van der Waals surface area contributed by atoms with E-state index in [1.165, 1.54) is 52.0 Å². The first-order valence-corrected chi connectivity index (χ1v) is 7.49. The zero-order valence-corrected chi connectivity index (χ0v) is 11.8. The molecule has 0 spiro atoms. The van der Waals surface area contributed by atoms with E-state index < -0.39 is 0 Å². The van der Waals surface area contributed by atoms with Gasteiger partial charge in [0.2, 0.25) is 0 Å². The zero-order chi connectivity index (χ0) is 12.8. The fourth-order valence-corrected chi connectivity index (χ4v) is 2.89. The molecular weight excluding hydrogens is 226 g/mol. The first kappa shape index (κ1) is 14.3. The third-order valence-electron chi connectivity index (χ3n) is 4.24. The molecule has 1 unspecified atom stereocenters. The van der Waals surface area contributed by atoms with Gasteiger partial charge in [0.1, 0.15) is 0 Å². The van der Waals surface area contributed by atoms with Gasteiger partial charge in [-0.15, -0.1) is 0 Å². The minimum Gasteiger partial charge on any atom is -0.383 e. The van der Waals surface area contributed by atoms with Crippen molar-refractivity contribution in [2.75, 3.05) is 53.0 Å². The van der Waals surface area contributed by atoms with Crippen LogP contribution in [0.5, 0.6) is 0 Å². The van der Waals surface area contributed by atoms with Crippen LogP contribution in [0.1, 0.15) is 25.7 Å². The molecule has 0 aromatic carbocycles. The van der Waals surface area contributed by atoms with Crippen molar-refractivity contribution in [1.82, 2.24) is 9.80 Å². The summed E-state index contributed by atoms with van der Waals surface area (Å²) in [5.74, 6) is 1.02. The van der Waals surface area contributed by atoms with Gasteiger partial charge in [0.15, 0.2) is 0 Å². The summed E-state index contributed by atoms with van der Waals surface area (Å²) in [6.07, 6.45) is 5.20. The molecule has 0 radical (unpaired) electrons. The molecular formula is C14H29N3O. The molecule has 2 fully saturated rings. The Morgan fingerprint density at radius 3 is 2.50 bits per heavy atom. The highest BCUT2D eigenvalue weighted by atomic mass is 16.5. The van der Waals surface area contributed by atoms with Crippen LogP contribution >= 0.6 is 0 Å². The van der Waals surface area contributed by atoms with Gasteiger partial charge >= 0.3 is 0 Å². The van der Waals surface area contributed by atoms with Gasteiger partial charge in [-0.25, -0.2) is 0 Å². The maximum absolute atomic E-state index is 5.62. The van der Waals surface area contributed by atoms with Crippen molar-refractivity contribution in [3.8, 4) is 0 Å². The SMILES string of the molecule is COCC(CCCN)N1CCN(CC2CC2)CC1. The summed E-state index contributed by atoms with van der Waals surface area (Å²) < 4.78 is 5.36. The van der Waals surface area contributed by atoms with Crippen molar-refractivity contribution in [2.45, 2.75) is 31.7 Å². The average molecular weight is 255 g/mol. The highest BCUT2D eigenvalue weighted by molar-refractivity contribution is 4.83. The van der Waals surface area contributed by atoms with Gasteiger partial charge in [-0.1, -0.05) is 0 Å². The van der Waals surface area contributed by atoms with Crippen molar-refractivity contribution in [2.24, 2.45) is 11.7 Å². The van der Waals surface area contributed by atoms with Crippen LogP contribution in [0.2, 0.25) is 0 Å². The zero-order valence-electron chi connectivity index (χ0n) is 11.8. The Hall–Kier alpha value is -0.160. The molecule has 1 aliphatic heterocycles. The maximum Gasteiger partial charge on any atom is 0.0618 e. The summed E-state index contributed by atoms with van der Waals surface area (Å²) in [5, 5.41) is 0. The number of piperazine rings is 1. The van der Waals surface area contributed by atoms with Gasteiger partial charge < -0.3 is 15.4 Å². The van der Waals surface area contributed by atoms with E-state index in [0.717, 1.165) is 25.5 Å². The van der Waals surface area contributed by atoms with Crippen molar-refractivity contribution >= 4 is 0 Å². The first-order valence-electron chi connectivity index (χ1n) is 7.49. The Bertz CT molecular complexity index is 225. The molecule has 106 valence electrons. The second kappa shape index (κ2) is 7.43. The number of hydrogen-bond donors (Lipinski definition) is 1. The second-order valence-electron chi connectivity index (χ2n) is 5.82. The normalized spacial score (nSPS) is 24.3. The topological polar surface area (TPSA) is 41.7 Å². The van der Waals surface area contributed by atoms with Crippen LogP contribution in [-0.2, 0) is 4.74 Å². The molecule has 1 saturated heterocycles. The highest BCUT2D eigenvalue weighted by Crippen LogP contribution is 2.30. The minimum atomic E-state index is 0.571. The van der Waals surface area contributed by atoms with Gasteiger partial charge in [0, 0.05) is 45.9 Å². The lowest BCUT2D eigenvalue weighted by Crippen LogP contribution is -2.51. The Balaban J connectivity index is 1.70. The van der Waals surface area contributed by atoms with Crippen molar-refractivity contribution in [1.29, 1.82) is 0 Å². The third kappa shape index (κ3) is 4.50. The molecule has 0 amide bonds. The third-order valence-corrected chi connectivity index (χ3v) is 4.24. The van der Waals surface area contributed by atoms with Crippen LogP contribution < -0.4 is 5.73 Å². The molecule has 4 nitrogen and oxygen atoms in total. The van der Waals surface area contributed by atoms with Crippen LogP contribution in [0.15, 0.2) is 0 Å². The molecule has 0 bridgehead atoms. The van der Waals surface area contributed by atoms with E-state index in [4.69, 9.17) is 10.5 Å². The predicted molar refractivity (Wildman–Crippen MR) is 74.7 cm³/mol. The molecule has 0 aromatic heterocycles. The van der Waals surface area contributed by atoms with E-state index in [1.54, 1.807) is 7.11 Å². The molecule has 2 aliphatic rings. The number of hydrogen-bond acceptors (Lipinski definition) is 4. The quantitative estimate of drug-likeness (QED) is 0.695. The average Bonchev–Trinajstić information content (AvgIpc) is 3.19. The van der Waals surface area contributed by atoms with E-state index in [-0.39, 0.29) is 0 Å². The van der Waals surface area contributed by atoms with E-state index in [9.17, 15) is 0 Å². The smallest absolute Gasteiger partial charge is 0.0618 e. The molecule has 4 heteroatoms. The van der Waals surface area contributed by atoms with Crippen LogP contribution in [0.4, 0.5) is 0 Å². The summed E-state index contributed by atoms with van der Waals surface area (Å²) in [7, 11) is 1.80. The summed E-state index contributed by atoms with van der Waals surface area (Å²) in [6, 6.07) is 0.571. The Labute approximate surface area is 111 Å². The van der Waals surface area contributed by atoms with Crippen LogP contribution in [0.3, 0.4) is 0 Å². The van der Waals surface area contributed by atoms with Gasteiger partial charge in [0.25, 0.3) is 0 Å². The number of ether oxygens (including phenoxy) is 1. The van der Waals surface area contributed by atoms with E-state index >= 15 is 0 Å². The van der Waals surface area contributed by atoms with Crippen LogP contribution in [0, 0.1) is 5.92 Å². The number of methoxy groups -OCH3 is 1. The molecule has 2 rings (SSSR count). The lowest BCUT2D eigenvalue weighted by Gasteiger charge is -2.39. The minimum absolute atomic E-state index is 0.571. The van der Waals surface area contributed by atoms with E-state index in [1.807, 2.05) is 0 Å². The fourth-order valence-electron chi connectivity index (χ4n) is 2.89. The summed E-state index contributed by atoms with van der Waals surface area (Å²) in [5.41, 5.74) is 5.62. The van der Waals surface area contributed by atoms with Crippen LogP contribution in [0.25, 0.3) is 0 Å². The Kier molecular flexibility index (Phi) is 5.89. The van der Waals surface area contributed by atoms with Crippen molar-refractivity contribution in [3.63, 3.8) is 0 Å². The molecule has 1 heterocycles. The standard InChI is InChI=1S/C14H29N3O/c1-18-12-14(3-2-6-15)17-9-7-16(8-10-17)11-13-4-5-13/h13-14H,2-12,15H2,1H3. The van der Waals surface area contributed by atoms with E-state index in [2.05, 4.69) is 9.80 Å². The summed E-state index contributed by atoms with van der Waals surface area (Å²) in [4.78, 5) is 5.24. The lowest BCUT2D eigenvalue weighted by molar-refractivity contribution is 0.0440. The van der Waals surface area contributed by atoms with Crippen molar-refractivity contribution in [3.05, 3.63) is 0 Å². The molecule has 18 heavy (non-hydrogen) atoms. The summed E-state index contributed by atoms with van der Waals surface area (Å²) >= 11 is 0.